The third kappa shape index (κ3) is 1.19. The summed E-state index contributed by atoms with van der Waals surface area (Å²) < 4.78 is 10.7. The predicted molar refractivity (Wildman–Crippen MR) is 56.1 cm³/mol. The van der Waals surface area contributed by atoms with Gasteiger partial charge in [0.15, 0.2) is 0 Å². The van der Waals surface area contributed by atoms with Crippen molar-refractivity contribution in [2.45, 2.75) is 0 Å². The fraction of sp³-hybridized carbons (Fsp3) is 0. The molecule has 2 N–H and O–H groups in total. The highest BCUT2D eigenvalue weighted by Gasteiger charge is 2.10. The van der Waals surface area contributed by atoms with E-state index in [0.29, 0.717) is 11.4 Å². The van der Waals surface area contributed by atoms with Crippen molar-refractivity contribution >= 4 is 16.8 Å². The molecule has 0 bridgehead atoms. The monoisotopic (exact) mass is 200 g/mol. The zero-order valence-electron chi connectivity index (χ0n) is 7.81. The van der Waals surface area contributed by atoms with Crippen LogP contribution in [0.25, 0.3) is 22.3 Å². The molecule has 0 aliphatic rings. The fourth-order valence-electron chi connectivity index (χ4n) is 1.56. The molecule has 15 heavy (non-hydrogen) atoms. The minimum Gasteiger partial charge on any atom is -0.464 e. The molecule has 0 radical (unpaired) electrons. The summed E-state index contributed by atoms with van der Waals surface area (Å²) in [6.07, 6.45) is 4.95. The summed E-state index contributed by atoms with van der Waals surface area (Å²) in [5.74, 6) is 1.21. The minimum atomic E-state index is 0.447. The summed E-state index contributed by atoms with van der Waals surface area (Å²) in [6, 6.07) is 5.40. The maximum absolute atomic E-state index is 5.56. The van der Waals surface area contributed by atoms with E-state index in [1.54, 1.807) is 24.8 Å². The largest absolute Gasteiger partial charge is 0.464 e. The van der Waals surface area contributed by atoms with Crippen LogP contribution in [-0.4, -0.2) is 4.98 Å². The molecule has 0 fully saturated rings. The SMILES string of the molecule is Nc1cc2occ(-c3ccco3)c2cn1. The quantitative estimate of drug-likeness (QED) is 0.655. The van der Waals surface area contributed by atoms with Gasteiger partial charge in [-0.1, -0.05) is 0 Å². The van der Waals surface area contributed by atoms with Crippen LogP contribution < -0.4 is 5.73 Å². The summed E-state index contributed by atoms with van der Waals surface area (Å²) in [5, 5.41) is 0.902. The highest BCUT2D eigenvalue weighted by atomic mass is 16.3. The Morgan fingerprint density at radius 1 is 1.27 bits per heavy atom. The zero-order valence-corrected chi connectivity index (χ0v) is 7.81. The number of nitrogen functional groups attached to an aromatic ring is 1. The number of rotatable bonds is 1. The van der Waals surface area contributed by atoms with Crippen molar-refractivity contribution in [2.24, 2.45) is 0 Å². The van der Waals surface area contributed by atoms with Crippen LogP contribution in [0.3, 0.4) is 0 Å². The van der Waals surface area contributed by atoms with E-state index in [0.717, 1.165) is 16.7 Å². The highest BCUT2D eigenvalue weighted by Crippen LogP contribution is 2.30. The van der Waals surface area contributed by atoms with Crippen LogP contribution in [0, 0.1) is 0 Å². The number of pyridine rings is 1. The van der Waals surface area contributed by atoms with Gasteiger partial charge in [-0.15, -0.1) is 0 Å². The van der Waals surface area contributed by atoms with Crippen molar-refractivity contribution in [3.05, 3.63) is 36.9 Å². The van der Waals surface area contributed by atoms with Crippen molar-refractivity contribution in [1.29, 1.82) is 0 Å². The zero-order chi connectivity index (χ0) is 10.3. The molecule has 4 nitrogen and oxygen atoms in total. The molecule has 3 heterocycles. The number of nitrogens with zero attached hydrogens (tertiary/aromatic N) is 1. The van der Waals surface area contributed by atoms with Gasteiger partial charge in [-0.2, -0.15) is 0 Å². The minimum absolute atomic E-state index is 0.447. The number of furan rings is 2. The number of anilines is 1. The van der Waals surface area contributed by atoms with E-state index in [1.165, 1.54) is 0 Å². The predicted octanol–water partition coefficient (Wildman–Crippen LogP) is 2.67. The second-order valence-electron chi connectivity index (χ2n) is 3.23. The number of nitrogens with two attached hydrogens (primary N) is 1. The first-order valence-corrected chi connectivity index (χ1v) is 4.51. The van der Waals surface area contributed by atoms with E-state index < -0.39 is 0 Å². The molecule has 3 rings (SSSR count). The lowest BCUT2D eigenvalue weighted by Gasteiger charge is -1.93. The van der Waals surface area contributed by atoms with E-state index in [1.807, 2.05) is 12.1 Å². The Bertz CT molecular complexity index is 596. The van der Waals surface area contributed by atoms with Crippen molar-refractivity contribution in [3.8, 4) is 11.3 Å². The van der Waals surface area contributed by atoms with Gasteiger partial charge in [0.1, 0.15) is 23.4 Å². The molecular formula is C11H8N2O2. The third-order valence-corrected chi connectivity index (χ3v) is 2.27. The maximum Gasteiger partial charge on any atom is 0.139 e. The summed E-state index contributed by atoms with van der Waals surface area (Å²) in [7, 11) is 0. The van der Waals surface area contributed by atoms with Gasteiger partial charge in [-0.25, -0.2) is 4.98 Å². The van der Waals surface area contributed by atoms with Crippen LogP contribution in [0.4, 0.5) is 5.82 Å². The van der Waals surface area contributed by atoms with Crippen LogP contribution in [0.1, 0.15) is 0 Å². The van der Waals surface area contributed by atoms with Gasteiger partial charge in [0.2, 0.25) is 0 Å². The number of hydrogen-bond donors (Lipinski definition) is 1. The standard InChI is InChI=1S/C11H8N2O2/c12-11-4-10-7(5-13-11)8(6-15-10)9-2-1-3-14-9/h1-6H,(H2,12,13). The normalized spacial score (nSPS) is 10.9. The number of hydrogen-bond acceptors (Lipinski definition) is 4. The molecule has 0 aliphatic carbocycles. The van der Waals surface area contributed by atoms with Crippen LogP contribution in [0.15, 0.2) is 45.8 Å². The van der Waals surface area contributed by atoms with E-state index >= 15 is 0 Å². The van der Waals surface area contributed by atoms with Crippen LogP contribution in [0.2, 0.25) is 0 Å². The Morgan fingerprint density at radius 2 is 2.20 bits per heavy atom. The molecule has 0 saturated heterocycles. The van der Waals surface area contributed by atoms with Gasteiger partial charge in [-0.05, 0) is 12.1 Å². The molecule has 0 aliphatic heterocycles. The molecule has 0 spiro atoms. The molecule has 0 atom stereocenters. The van der Waals surface area contributed by atoms with Crippen molar-refractivity contribution in [1.82, 2.24) is 4.98 Å². The summed E-state index contributed by atoms with van der Waals surface area (Å²) in [4.78, 5) is 4.03. The van der Waals surface area contributed by atoms with Crippen molar-refractivity contribution in [2.75, 3.05) is 5.73 Å². The lowest BCUT2D eigenvalue weighted by Crippen LogP contribution is -1.87. The van der Waals surface area contributed by atoms with Gasteiger partial charge in [0.25, 0.3) is 0 Å². The van der Waals surface area contributed by atoms with E-state index in [2.05, 4.69) is 4.98 Å². The third-order valence-electron chi connectivity index (χ3n) is 2.27. The van der Waals surface area contributed by atoms with Gasteiger partial charge in [0.05, 0.1) is 11.8 Å². The van der Waals surface area contributed by atoms with Gasteiger partial charge in [-0.3, -0.25) is 0 Å². The summed E-state index contributed by atoms with van der Waals surface area (Å²) in [5.41, 5.74) is 7.17. The molecule has 0 unspecified atom stereocenters. The molecule has 74 valence electrons. The van der Waals surface area contributed by atoms with Crippen LogP contribution in [-0.2, 0) is 0 Å². The topological polar surface area (TPSA) is 65.2 Å². The summed E-state index contributed by atoms with van der Waals surface area (Å²) >= 11 is 0. The Kier molecular flexibility index (Phi) is 1.56. The smallest absolute Gasteiger partial charge is 0.139 e. The van der Waals surface area contributed by atoms with Crippen LogP contribution in [0.5, 0.6) is 0 Å². The van der Waals surface area contributed by atoms with E-state index in [9.17, 15) is 0 Å². The molecule has 3 aromatic heterocycles. The molecule has 0 saturated carbocycles. The lowest BCUT2D eigenvalue weighted by atomic mass is 10.2. The summed E-state index contributed by atoms with van der Waals surface area (Å²) in [6.45, 7) is 0. The maximum atomic E-state index is 5.56. The Balaban J connectivity index is 2.29. The molecule has 0 aromatic carbocycles. The van der Waals surface area contributed by atoms with Crippen LogP contribution >= 0.6 is 0 Å². The molecule has 3 aromatic rings. The Morgan fingerprint density at radius 3 is 3.00 bits per heavy atom. The Hall–Kier alpha value is -2.23. The second-order valence-corrected chi connectivity index (χ2v) is 3.23. The molecule has 0 amide bonds. The molecular weight excluding hydrogens is 192 g/mol. The fourth-order valence-corrected chi connectivity index (χ4v) is 1.56. The van der Waals surface area contributed by atoms with Gasteiger partial charge < -0.3 is 14.6 Å². The van der Waals surface area contributed by atoms with E-state index in [4.69, 9.17) is 14.6 Å². The van der Waals surface area contributed by atoms with Gasteiger partial charge in [0, 0.05) is 17.6 Å². The highest BCUT2D eigenvalue weighted by molar-refractivity contribution is 5.92. The Labute approximate surface area is 85.3 Å². The van der Waals surface area contributed by atoms with Gasteiger partial charge >= 0.3 is 0 Å². The number of aromatic nitrogens is 1. The molecule has 4 heteroatoms. The number of fused-ring (bicyclic) bond motifs is 1. The first kappa shape index (κ1) is 8.11. The van der Waals surface area contributed by atoms with Crippen molar-refractivity contribution < 1.29 is 8.83 Å². The lowest BCUT2D eigenvalue weighted by molar-refractivity contribution is 0.577. The average molecular weight is 200 g/mol. The van der Waals surface area contributed by atoms with Crippen molar-refractivity contribution in [3.63, 3.8) is 0 Å². The first-order chi connectivity index (χ1) is 7.34. The van der Waals surface area contributed by atoms with E-state index in [-0.39, 0.29) is 0 Å². The average Bonchev–Trinajstić information content (AvgIpc) is 2.82. The first-order valence-electron chi connectivity index (χ1n) is 4.51. The second kappa shape index (κ2) is 2.88.